The summed E-state index contributed by atoms with van der Waals surface area (Å²) in [5, 5.41) is 0. The second-order valence-corrected chi connectivity index (χ2v) is 4.29. The van der Waals surface area contributed by atoms with Crippen molar-refractivity contribution in [2.75, 3.05) is 0 Å². The molecule has 0 aliphatic heterocycles. The Morgan fingerprint density at radius 1 is 1.50 bits per heavy atom. The molecule has 0 radical (unpaired) electrons. The molecule has 0 aliphatic rings. The standard InChI is InChI=1S/C12H10N2OS/c1-9-11(14-8-16-9)4-5-12(15)10-3-2-6-13-7-10/h2-8H,1H3/b5-4+. The van der Waals surface area contributed by atoms with Crippen molar-refractivity contribution in [1.29, 1.82) is 0 Å². The van der Waals surface area contributed by atoms with Crippen LogP contribution in [-0.2, 0) is 0 Å². The van der Waals surface area contributed by atoms with Gasteiger partial charge in [0.15, 0.2) is 5.78 Å². The third-order valence-electron chi connectivity index (χ3n) is 2.12. The first-order valence-electron chi connectivity index (χ1n) is 4.80. The number of allylic oxidation sites excluding steroid dienone is 1. The number of aryl methyl sites for hydroxylation is 1. The number of ketones is 1. The molecule has 2 aromatic heterocycles. The van der Waals surface area contributed by atoms with Gasteiger partial charge in [0, 0.05) is 22.8 Å². The van der Waals surface area contributed by atoms with Gasteiger partial charge in [-0.3, -0.25) is 9.78 Å². The molecule has 0 amide bonds. The Hall–Kier alpha value is -1.81. The second-order valence-electron chi connectivity index (χ2n) is 3.23. The van der Waals surface area contributed by atoms with Gasteiger partial charge in [-0.25, -0.2) is 4.98 Å². The Morgan fingerprint density at radius 3 is 3.00 bits per heavy atom. The van der Waals surface area contributed by atoms with Gasteiger partial charge in [-0.15, -0.1) is 11.3 Å². The molecular formula is C12H10N2OS. The van der Waals surface area contributed by atoms with Gasteiger partial charge in [0.1, 0.15) is 0 Å². The largest absolute Gasteiger partial charge is 0.289 e. The monoisotopic (exact) mass is 230 g/mol. The lowest BCUT2D eigenvalue weighted by Crippen LogP contribution is -1.94. The summed E-state index contributed by atoms with van der Waals surface area (Å²) in [7, 11) is 0. The van der Waals surface area contributed by atoms with E-state index < -0.39 is 0 Å². The van der Waals surface area contributed by atoms with E-state index in [1.54, 1.807) is 47.4 Å². The molecule has 0 aromatic carbocycles. The Morgan fingerprint density at radius 2 is 2.38 bits per heavy atom. The number of thiazole rings is 1. The zero-order valence-electron chi connectivity index (χ0n) is 8.75. The summed E-state index contributed by atoms with van der Waals surface area (Å²) in [6.45, 7) is 1.98. The average molecular weight is 230 g/mol. The number of nitrogens with zero attached hydrogens (tertiary/aromatic N) is 2. The van der Waals surface area contributed by atoms with Crippen molar-refractivity contribution < 1.29 is 4.79 Å². The van der Waals surface area contributed by atoms with Crippen molar-refractivity contribution in [3.8, 4) is 0 Å². The Kier molecular flexibility index (Phi) is 3.22. The maximum atomic E-state index is 11.7. The van der Waals surface area contributed by atoms with Gasteiger partial charge in [-0.1, -0.05) is 0 Å². The minimum absolute atomic E-state index is 0.0551. The van der Waals surface area contributed by atoms with Crippen molar-refractivity contribution in [2.45, 2.75) is 6.92 Å². The first-order chi connectivity index (χ1) is 7.77. The maximum absolute atomic E-state index is 11.7. The molecule has 2 rings (SSSR count). The number of rotatable bonds is 3. The first kappa shape index (κ1) is 10.7. The summed E-state index contributed by atoms with van der Waals surface area (Å²) in [6.07, 6.45) is 6.46. The van der Waals surface area contributed by atoms with Crippen LogP contribution in [-0.4, -0.2) is 15.8 Å². The van der Waals surface area contributed by atoms with Crippen LogP contribution in [0.5, 0.6) is 0 Å². The van der Waals surface area contributed by atoms with Crippen molar-refractivity contribution in [3.63, 3.8) is 0 Å². The van der Waals surface area contributed by atoms with E-state index in [1.807, 2.05) is 6.92 Å². The SMILES string of the molecule is Cc1scnc1/C=C/C(=O)c1cccnc1. The van der Waals surface area contributed by atoms with Gasteiger partial charge < -0.3 is 0 Å². The quantitative estimate of drug-likeness (QED) is 0.601. The van der Waals surface area contributed by atoms with Crippen molar-refractivity contribution >= 4 is 23.2 Å². The number of pyridine rings is 1. The Balaban J connectivity index is 2.15. The smallest absolute Gasteiger partial charge is 0.187 e. The molecule has 0 spiro atoms. The van der Waals surface area contributed by atoms with E-state index >= 15 is 0 Å². The fraction of sp³-hybridized carbons (Fsp3) is 0.0833. The highest BCUT2D eigenvalue weighted by Gasteiger charge is 2.01. The Labute approximate surface area is 97.5 Å². The van der Waals surface area contributed by atoms with Crippen molar-refractivity contribution in [2.24, 2.45) is 0 Å². The molecule has 0 saturated carbocycles. The molecule has 0 bridgehead atoms. The number of aromatic nitrogens is 2. The fourth-order valence-electron chi connectivity index (χ4n) is 1.23. The van der Waals surface area contributed by atoms with Gasteiger partial charge in [0.2, 0.25) is 0 Å². The minimum atomic E-state index is -0.0551. The van der Waals surface area contributed by atoms with E-state index in [0.29, 0.717) is 5.56 Å². The van der Waals surface area contributed by atoms with Crippen LogP contribution in [0, 0.1) is 6.92 Å². The van der Waals surface area contributed by atoms with Crippen LogP contribution >= 0.6 is 11.3 Å². The molecular weight excluding hydrogens is 220 g/mol. The van der Waals surface area contributed by atoms with Gasteiger partial charge in [0.05, 0.1) is 11.2 Å². The zero-order valence-corrected chi connectivity index (χ0v) is 9.57. The second kappa shape index (κ2) is 4.81. The normalized spacial score (nSPS) is 10.8. The van der Waals surface area contributed by atoms with Crippen LogP contribution in [0.3, 0.4) is 0 Å². The molecule has 3 nitrogen and oxygen atoms in total. The van der Waals surface area contributed by atoms with Crippen LogP contribution < -0.4 is 0 Å². The molecule has 0 fully saturated rings. The van der Waals surface area contributed by atoms with E-state index in [-0.39, 0.29) is 5.78 Å². The molecule has 2 heterocycles. The average Bonchev–Trinajstić information content (AvgIpc) is 2.73. The van der Waals surface area contributed by atoms with Crippen LogP contribution in [0.25, 0.3) is 6.08 Å². The molecule has 0 N–H and O–H groups in total. The molecule has 0 unspecified atom stereocenters. The zero-order chi connectivity index (χ0) is 11.4. The van der Waals surface area contributed by atoms with Gasteiger partial charge in [0.25, 0.3) is 0 Å². The molecule has 80 valence electrons. The van der Waals surface area contributed by atoms with Crippen LogP contribution in [0.1, 0.15) is 20.9 Å². The summed E-state index contributed by atoms with van der Waals surface area (Å²) in [4.78, 5) is 20.9. The summed E-state index contributed by atoms with van der Waals surface area (Å²) in [5.74, 6) is -0.0551. The highest BCUT2D eigenvalue weighted by Crippen LogP contribution is 2.13. The van der Waals surface area contributed by atoms with Crippen LogP contribution in [0.4, 0.5) is 0 Å². The third-order valence-corrected chi connectivity index (χ3v) is 2.89. The topological polar surface area (TPSA) is 42.9 Å². The minimum Gasteiger partial charge on any atom is -0.289 e. The molecule has 0 aliphatic carbocycles. The van der Waals surface area contributed by atoms with E-state index in [9.17, 15) is 4.79 Å². The van der Waals surface area contributed by atoms with E-state index in [0.717, 1.165) is 10.6 Å². The van der Waals surface area contributed by atoms with E-state index in [4.69, 9.17) is 0 Å². The third kappa shape index (κ3) is 2.41. The predicted molar refractivity (Wildman–Crippen MR) is 64.5 cm³/mol. The molecule has 0 saturated heterocycles. The lowest BCUT2D eigenvalue weighted by molar-refractivity contribution is 0.104. The Bertz CT molecular complexity index is 517. The summed E-state index contributed by atoms with van der Waals surface area (Å²) in [6, 6.07) is 3.49. The number of carbonyl (C=O) groups is 1. The highest BCUT2D eigenvalue weighted by atomic mass is 32.1. The van der Waals surface area contributed by atoms with Gasteiger partial charge in [-0.05, 0) is 31.2 Å². The van der Waals surface area contributed by atoms with E-state index in [2.05, 4.69) is 9.97 Å². The molecule has 2 aromatic rings. The van der Waals surface area contributed by atoms with Crippen LogP contribution in [0.2, 0.25) is 0 Å². The highest BCUT2D eigenvalue weighted by molar-refractivity contribution is 7.09. The lowest BCUT2D eigenvalue weighted by Gasteiger charge is -1.93. The molecule has 16 heavy (non-hydrogen) atoms. The maximum Gasteiger partial charge on any atom is 0.187 e. The van der Waals surface area contributed by atoms with Crippen LogP contribution in [0.15, 0.2) is 36.1 Å². The van der Waals surface area contributed by atoms with Crippen molar-refractivity contribution in [1.82, 2.24) is 9.97 Å². The number of hydrogen-bond donors (Lipinski definition) is 0. The van der Waals surface area contributed by atoms with Crippen molar-refractivity contribution in [3.05, 3.63) is 52.2 Å². The fourth-order valence-corrected chi connectivity index (χ4v) is 1.80. The first-order valence-corrected chi connectivity index (χ1v) is 5.68. The molecule has 0 atom stereocenters. The summed E-state index contributed by atoms with van der Waals surface area (Å²) >= 11 is 1.57. The van der Waals surface area contributed by atoms with E-state index in [1.165, 1.54) is 6.08 Å². The summed E-state index contributed by atoms with van der Waals surface area (Å²) < 4.78 is 0. The number of hydrogen-bond acceptors (Lipinski definition) is 4. The molecule has 4 heteroatoms. The summed E-state index contributed by atoms with van der Waals surface area (Å²) in [5.41, 5.74) is 3.21. The number of carbonyl (C=O) groups excluding carboxylic acids is 1. The van der Waals surface area contributed by atoms with Gasteiger partial charge in [-0.2, -0.15) is 0 Å². The van der Waals surface area contributed by atoms with Gasteiger partial charge >= 0.3 is 0 Å². The lowest BCUT2D eigenvalue weighted by atomic mass is 10.2. The predicted octanol–water partition coefficient (Wildman–Crippen LogP) is 2.74.